The third-order valence-electron chi connectivity index (χ3n) is 4.39. The van der Waals surface area contributed by atoms with Crippen LogP contribution in [0.5, 0.6) is 5.75 Å². The van der Waals surface area contributed by atoms with Gasteiger partial charge in [0.2, 0.25) is 0 Å². The summed E-state index contributed by atoms with van der Waals surface area (Å²) < 4.78 is 10.5. The predicted octanol–water partition coefficient (Wildman–Crippen LogP) is 3.51. The topological polar surface area (TPSA) is 55.8 Å². The highest BCUT2D eigenvalue weighted by molar-refractivity contribution is 5.79. The van der Waals surface area contributed by atoms with Crippen molar-refractivity contribution in [2.45, 2.75) is 47.0 Å². The van der Waals surface area contributed by atoms with Crippen molar-refractivity contribution in [3.05, 3.63) is 29.3 Å². The van der Waals surface area contributed by atoms with Crippen molar-refractivity contribution in [3.63, 3.8) is 0 Å². The van der Waals surface area contributed by atoms with Crippen LogP contribution < -0.4 is 4.74 Å². The molecule has 0 heterocycles. The zero-order valence-corrected chi connectivity index (χ0v) is 16.1. The molecule has 0 saturated heterocycles. The van der Waals surface area contributed by atoms with Crippen molar-refractivity contribution in [1.29, 1.82) is 0 Å². The Bertz CT molecular complexity index is 571. The van der Waals surface area contributed by atoms with Crippen molar-refractivity contribution >= 4 is 11.9 Å². The highest BCUT2D eigenvalue weighted by atomic mass is 16.5. The quantitative estimate of drug-likeness (QED) is 0.479. The molecule has 0 fully saturated rings. The fourth-order valence-corrected chi connectivity index (χ4v) is 2.59. The van der Waals surface area contributed by atoms with Crippen LogP contribution in [0.3, 0.4) is 0 Å². The summed E-state index contributed by atoms with van der Waals surface area (Å²) in [5.74, 6) is -0.0318. The Labute approximate surface area is 151 Å². The van der Waals surface area contributed by atoms with E-state index in [1.807, 2.05) is 32.0 Å². The summed E-state index contributed by atoms with van der Waals surface area (Å²) in [5, 5.41) is 0. The molecule has 140 valence electrons. The van der Waals surface area contributed by atoms with Gasteiger partial charge in [-0.1, -0.05) is 38.8 Å². The number of nitrogens with zero attached hydrogens (tertiary/aromatic N) is 1. The Morgan fingerprint density at radius 3 is 2.56 bits per heavy atom. The van der Waals surface area contributed by atoms with Crippen molar-refractivity contribution < 1.29 is 19.1 Å². The second-order valence-corrected chi connectivity index (χ2v) is 6.46. The molecule has 1 atom stereocenters. The Balaban J connectivity index is 2.70. The number of aryl methyl sites for hydroxylation is 1. The number of hydrogen-bond acceptors (Lipinski definition) is 4. The molecular weight excluding hydrogens is 318 g/mol. The molecular formula is C20H31NO4. The van der Waals surface area contributed by atoms with E-state index in [1.165, 1.54) is 7.11 Å². The van der Waals surface area contributed by atoms with Crippen molar-refractivity contribution in [2.24, 2.45) is 5.92 Å². The third kappa shape index (κ3) is 6.77. The largest absolute Gasteiger partial charge is 0.483 e. The van der Waals surface area contributed by atoms with Gasteiger partial charge < -0.3 is 14.4 Å². The standard InChI is InChI=1S/C20H31NO4/c1-6-7-8-12-21(13-16(3)20(23)24-5)19(22)14-25-18-11-9-10-15(2)17(18)4/h9-11,16H,6-8,12-14H2,1-5H3. The van der Waals surface area contributed by atoms with Gasteiger partial charge in [0.15, 0.2) is 6.61 Å². The maximum Gasteiger partial charge on any atom is 0.310 e. The normalized spacial score (nSPS) is 11.7. The maximum absolute atomic E-state index is 12.6. The Hall–Kier alpha value is -2.04. The number of unbranched alkanes of at least 4 members (excludes halogenated alkanes) is 2. The number of ether oxygens (including phenoxy) is 2. The average Bonchev–Trinajstić information content (AvgIpc) is 2.61. The van der Waals surface area contributed by atoms with E-state index in [-0.39, 0.29) is 24.4 Å². The van der Waals surface area contributed by atoms with Gasteiger partial charge >= 0.3 is 5.97 Å². The minimum Gasteiger partial charge on any atom is -0.483 e. The molecule has 5 heteroatoms. The molecule has 1 unspecified atom stereocenters. The summed E-state index contributed by atoms with van der Waals surface area (Å²) in [6, 6.07) is 5.80. The Morgan fingerprint density at radius 1 is 1.20 bits per heavy atom. The number of hydrogen-bond donors (Lipinski definition) is 0. The molecule has 1 aromatic carbocycles. The van der Waals surface area contributed by atoms with Crippen LogP contribution in [0.15, 0.2) is 18.2 Å². The maximum atomic E-state index is 12.6. The molecule has 0 aliphatic heterocycles. The van der Waals surface area contributed by atoms with Gasteiger partial charge in [0.25, 0.3) is 5.91 Å². The van der Waals surface area contributed by atoms with Crippen LogP contribution >= 0.6 is 0 Å². The molecule has 0 saturated carbocycles. The van der Waals surface area contributed by atoms with Crippen LogP contribution in [0.1, 0.15) is 44.2 Å². The molecule has 0 radical (unpaired) electrons. The van der Waals surface area contributed by atoms with Crippen LogP contribution in [0.4, 0.5) is 0 Å². The second-order valence-electron chi connectivity index (χ2n) is 6.46. The lowest BCUT2D eigenvalue weighted by Crippen LogP contribution is -2.40. The minimum absolute atomic E-state index is 0.0235. The van der Waals surface area contributed by atoms with Gasteiger partial charge in [0.05, 0.1) is 13.0 Å². The minimum atomic E-state index is -0.351. The van der Waals surface area contributed by atoms with E-state index in [0.29, 0.717) is 13.1 Å². The number of benzene rings is 1. The first-order valence-electron chi connectivity index (χ1n) is 8.95. The second kappa shape index (κ2) is 10.7. The van der Waals surface area contributed by atoms with Gasteiger partial charge in [-0.2, -0.15) is 0 Å². The first-order valence-corrected chi connectivity index (χ1v) is 8.95. The van der Waals surface area contributed by atoms with Gasteiger partial charge in [-0.3, -0.25) is 9.59 Å². The summed E-state index contributed by atoms with van der Waals surface area (Å²) in [7, 11) is 1.37. The van der Waals surface area contributed by atoms with Crippen molar-refractivity contribution in [3.8, 4) is 5.75 Å². The van der Waals surface area contributed by atoms with Crippen LogP contribution in [0.25, 0.3) is 0 Å². The Morgan fingerprint density at radius 2 is 1.92 bits per heavy atom. The smallest absolute Gasteiger partial charge is 0.310 e. The predicted molar refractivity (Wildman–Crippen MR) is 98.7 cm³/mol. The van der Waals surface area contributed by atoms with Crippen LogP contribution in [0.2, 0.25) is 0 Å². The summed E-state index contributed by atoms with van der Waals surface area (Å²) in [5.41, 5.74) is 2.17. The average molecular weight is 349 g/mol. The van der Waals surface area contributed by atoms with E-state index in [1.54, 1.807) is 11.8 Å². The monoisotopic (exact) mass is 349 g/mol. The first kappa shape index (κ1) is 21.0. The molecule has 0 aliphatic carbocycles. The molecule has 25 heavy (non-hydrogen) atoms. The molecule has 1 aromatic rings. The molecule has 1 amide bonds. The Kier molecular flexibility index (Phi) is 9.03. The van der Waals surface area contributed by atoms with E-state index in [4.69, 9.17) is 9.47 Å². The van der Waals surface area contributed by atoms with Gasteiger partial charge in [-0.15, -0.1) is 0 Å². The summed E-state index contributed by atoms with van der Waals surface area (Å²) >= 11 is 0. The summed E-state index contributed by atoms with van der Waals surface area (Å²) in [4.78, 5) is 26.0. The van der Waals surface area contributed by atoms with E-state index in [2.05, 4.69) is 6.92 Å². The van der Waals surface area contributed by atoms with Gasteiger partial charge in [-0.05, 0) is 37.5 Å². The van der Waals surface area contributed by atoms with Gasteiger partial charge in [0.1, 0.15) is 5.75 Å². The lowest BCUT2D eigenvalue weighted by molar-refractivity contribution is -0.146. The lowest BCUT2D eigenvalue weighted by Gasteiger charge is -2.25. The molecule has 0 N–H and O–H groups in total. The lowest BCUT2D eigenvalue weighted by atomic mass is 10.1. The van der Waals surface area contributed by atoms with Crippen LogP contribution in [0, 0.1) is 19.8 Å². The SMILES string of the molecule is CCCCCN(CC(C)C(=O)OC)C(=O)COc1cccc(C)c1C. The van der Waals surface area contributed by atoms with Crippen molar-refractivity contribution in [2.75, 3.05) is 26.8 Å². The fraction of sp³-hybridized carbons (Fsp3) is 0.600. The molecule has 0 spiro atoms. The number of carbonyl (C=O) groups is 2. The molecule has 0 bridgehead atoms. The van der Waals surface area contributed by atoms with E-state index < -0.39 is 0 Å². The fourth-order valence-electron chi connectivity index (χ4n) is 2.59. The van der Waals surface area contributed by atoms with Crippen LogP contribution in [-0.4, -0.2) is 43.6 Å². The molecule has 5 nitrogen and oxygen atoms in total. The molecule has 0 aromatic heterocycles. The number of amides is 1. The highest BCUT2D eigenvalue weighted by Gasteiger charge is 2.21. The first-order chi connectivity index (χ1) is 11.9. The number of methoxy groups -OCH3 is 1. The number of esters is 1. The zero-order valence-electron chi connectivity index (χ0n) is 16.1. The van der Waals surface area contributed by atoms with Crippen molar-refractivity contribution in [1.82, 2.24) is 4.90 Å². The van der Waals surface area contributed by atoms with E-state index in [9.17, 15) is 9.59 Å². The zero-order chi connectivity index (χ0) is 18.8. The van der Waals surface area contributed by atoms with E-state index >= 15 is 0 Å². The van der Waals surface area contributed by atoms with Crippen LogP contribution in [-0.2, 0) is 14.3 Å². The highest BCUT2D eigenvalue weighted by Crippen LogP contribution is 2.20. The molecule has 0 aliphatic rings. The number of rotatable bonds is 10. The third-order valence-corrected chi connectivity index (χ3v) is 4.39. The molecule has 1 rings (SSSR count). The summed E-state index contributed by atoms with van der Waals surface area (Å²) in [6.45, 7) is 8.84. The summed E-state index contributed by atoms with van der Waals surface area (Å²) in [6.07, 6.45) is 3.04. The van der Waals surface area contributed by atoms with Gasteiger partial charge in [-0.25, -0.2) is 0 Å². The van der Waals surface area contributed by atoms with E-state index in [0.717, 1.165) is 36.1 Å². The number of carbonyl (C=O) groups excluding carboxylic acids is 2. The van der Waals surface area contributed by atoms with Gasteiger partial charge in [0, 0.05) is 13.1 Å².